The molecule has 0 atom stereocenters. The molecule has 0 fully saturated rings. The van der Waals surface area contributed by atoms with Crippen LogP contribution in [0.25, 0.3) is 5.69 Å². The van der Waals surface area contributed by atoms with E-state index in [1.54, 1.807) is 26.4 Å². The summed E-state index contributed by atoms with van der Waals surface area (Å²) in [5.41, 5.74) is 3.95. The molecule has 0 radical (unpaired) electrons. The highest BCUT2D eigenvalue weighted by atomic mass is 16.1. The average molecular weight is 390 g/mol. The lowest BCUT2D eigenvalue weighted by Crippen LogP contribution is -2.37. The van der Waals surface area contributed by atoms with Crippen molar-refractivity contribution in [3.8, 4) is 5.69 Å². The highest BCUT2D eigenvalue weighted by Crippen LogP contribution is 2.09. The van der Waals surface area contributed by atoms with Gasteiger partial charge in [-0.15, -0.1) is 0 Å². The van der Waals surface area contributed by atoms with Gasteiger partial charge in [0.05, 0.1) is 5.69 Å². The van der Waals surface area contributed by atoms with Crippen LogP contribution in [0, 0.1) is 0 Å². The Bertz CT molecular complexity index is 948. The zero-order chi connectivity index (χ0) is 20.5. The maximum absolute atomic E-state index is 11.8. The SMILES string of the molecule is CN=C(NCCc1ccc(-n2cccn2)cc1)NCc1cccc(C(=O)NC)c1. The molecule has 7 nitrogen and oxygen atoms in total. The number of amides is 1. The van der Waals surface area contributed by atoms with E-state index in [1.807, 2.05) is 35.1 Å². The fourth-order valence-corrected chi connectivity index (χ4v) is 2.94. The number of hydrogen-bond acceptors (Lipinski definition) is 3. The number of rotatable bonds is 7. The van der Waals surface area contributed by atoms with Crippen molar-refractivity contribution < 1.29 is 4.79 Å². The third kappa shape index (κ3) is 5.68. The van der Waals surface area contributed by atoms with E-state index in [0.717, 1.165) is 30.2 Å². The van der Waals surface area contributed by atoms with E-state index in [-0.39, 0.29) is 5.91 Å². The molecule has 7 heteroatoms. The molecule has 0 saturated heterocycles. The van der Waals surface area contributed by atoms with Crippen LogP contribution in [-0.4, -0.2) is 42.3 Å². The van der Waals surface area contributed by atoms with Gasteiger partial charge in [0.2, 0.25) is 0 Å². The maximum atomic E-state index is 11.8. The minimum atomic E-state index is -0.0899. The van der Waals surface area contributed by atoms with E-state index >= 15 is 0 Å². The van der Waals surface area contributed by atoms with Crippen LogP contribution in [0.5, 0.6) is 0 Å². The molecule has 3 rings (SSSR count). The van der Waals surface area contributed by atoms with Crippen molar-refractivity contribution in [3.63, 3.8) is 0 Å². The van der Waals surface area contributed by atoms with E-state index < -0.39 is 0 Å². The molecule has 1 aromatic heterocycles. The third-order valence-electron chi connectivity index (χ3n) is 4.51. The third-order valence-corrected chi connectivity index (χ3v) is 4.51. The lowest BCUT2D eigenvalue weighted by molar-refractivity contribution is 0.0963. The van der Waals surface area contributed by atoms with E-state index in [2.05, 4.69) is 50.3 Å². The normalized spacial score (nSPS) is 11.2. The van der Waals surface area contributed by atoms with Crippen LogP contribution in [0.3, 0.4) is 0 Å². The van der Waals surface area contributed by atoms with Crippen LogP contribution in [0.4, 0.5) is 0 Å². The Morgan fingerprint density at radius 2 is 1.90 bits per heavy atom. The Balaban J connectivity index is 1.46. The van der Waals surface area contributed by atoms with E-state index in [4.69, 9.17) is 0 Å². The Morgan fingerprint density at radius 3 is 2.59 bits per heavy atom. The Morgan fingerprint density at radius 1 is 1.07 bits per heavy atom. The first-order valence-electron chi connectivity index (χ1n) is 9.54. The van der Waals surface area contributed by atoms with Gasteiger partial charge in [-0.2, -0.15) is 5.10 Å². The minimum absolute atomic E-state index is 0.0899. The largest absolute Gasteiger partial charge is 0.356 e. The summed E-state index contributed by atoms with van der Waals surface area (Å²) in [4.78, 5) is 16.0. The van der Waals surface area contributed by atoms with Crippen molar-refractivity contribution >= 4 is 11.9 Å². The van der Waals surface area contributed by atoms with Gasteiger partial charge in [0.15, 0.2) is 5.96 Å². The predicted molar refractivity (Wildman–Crippen MR) is 115 cm³/mol. The Hall–Kier alpha value is -3.61. The quantitative estimate of drug-likeness (QED) is 0.426. The topological polar surface area (TPSA) is 83.3 Å². The summed E-state index contributed by atoms with van der Waals surface area (Å²) < 4.78 is 1.84. The van der Waals surface area contributed by atoms with Crippen LogP contribution in [0.2, 0.25) is 0 Å². The highest BCUT2D eigenvalue weighted by Gasteiger charge is 2.04. The zero-order valence-corrected chi connectivity index (χ0v) is 16.7. The summed E-state index contributed by atoms with van der Waals surface area (Å²) in [6.45, 7) is 1.35. The maximum Gasteiger partial charge on any atom is 0.251 e. The summed E-state index contributed by atoms with van der Waals surface area (Å²) in [6, 6.07) is 17.8. The van der Waals surface area contributed by atoms with Gasteiger partial charge in [-0.05, 0) is 47.9 Å². The van der Waals surface area contributed by atoms with E-state index in [0.29, 0.717) is 12.1 Å². The first kappa shape index (κ1) is 20.1. The molecular weight excluding hydrogens is 364 g/mol. The van der Waals surface area contributed by atoms with Crippen LogP contribution < -0.4 is 16.0 Å². The summed E-state index contributed by atoms with van der Waals surface area (Å²) in [7, 11) is 3.37. The van der Waals surface area contributed by atoms with E-state index in [1.165, 1.54) is 5.56 Å². The number of hydrogen-bond donors (Lipinski definition) is 3. The number of carbonyl (C=O) groups is 1. The molecule has 150 valence electrons. The van der Waals surface area contributed by atoms with Crippen molar-refractivity contribution in [3.05, 3.63) is 83.7 Å². The first-order valence-corrected chi connectivity index (χ1v) is 9.54. The number of benzene rings is 2. The molecule has 2 aromatic carbocycles. The molecule has 1 amide bonds. The Kier molecular flexibility index (Phi) is 7.00. The molecule has 0 unspecified atom stereocenters. The number of nitrogens with zero attached hydrogens (tertiary/aromatic N) is 3. The molecule has 1 heterocycles. The number of guanidine groups is 1. The van der Waals surface area contributed by atoms with Crippen LogP contribution in [0.1, 0.15) is 21.5 Å². The molecule has 0 aliphatic rings. The summed E-state index contributed by atoms with van der Waals surface area (Å²) in [5.74, 6) is 0.636. The molecule has 0 aliphatic heterocycles. The van der Waals surface area contributed by atoms with Crippen molar-refractivity contribution in [2.45, 2.75) is 13.0 Å². The number of carbonyl (C=O) groups excluding carboxylic acids is 1. The lowest BCUT2D eigenvalue weighted by atomic mass is 10.1. The molecule has 3 N–H and O–H groups in total. The zero-order valence-electron chi connectivity index (χ0n) is 16.7. The predicted octanol–water partition coefficient (Wildman–Crippen LogP) is 2.14. The smallest absolute Gasteiger partial charge is 0.251 e. The highest BCUT2D eigenvalue weighted by molar-refractivity contribution is 5.94. The lowest BCUT2D eigenvalue weighted by Gasteiger charge is -2.12. The van der Waals surface area contributed by atoms with Gasteiger partial charge < -0.3 is 16.0 Å². The molecule has 0 aliphatic carbocycles. The average Bonchev–Trinajstić information content (AvgIpc) is 3.31. The fourth-order valence-electron chi connectivity index (χ4n) is 2.94. The second-order valence-corrected chi connectivity index (χ2v) is 6.50. The van der Waals surface area contributed by atoms with Crippen LogP contribution in [0.15, 0.2) is 72.0 Å². The molecule has 29 heavy (non-hydrogen) atoms. The van der Waals surface area contributed by atoms with Gasteiger partial charge in [0, 0.05) is 45.1 Å². The van der Waals surface area contributed by atoms with Crippen molar-refractivity contribution in [1.82, 2.24) is 25.7 Å². The number of aliphatic imine (C=N–C) groups is 1. The summed E-state index contributed by atoms with van der Waals surface area (Å²) in [5, 5.41) is 13.5. The van der Waals surface area contributed by atoms with Crippen molar-refractivity contribution in [2.75, 3.05) is 20.6 Å². The molecule has 0 bridgehead atoms. The summed E-state index contributed by atoms with van der Waals surface area (Å²) >= 11 is 0. The van der Waals surface area contributed by atoms with Crippen molar-refractivity contribution in [1.29, 1.82) is 0 Å². The monoisotopic (exact) mass is 390 g/mol. The molecule has 0 saturated carbocycles. The standard InChI is InChI=1S/C22H26N6O/c1-23-21(29)19-6-3-5-18(15-19)16-26-22(24-2)25-13-11-17-7-9-20(10-8-17)28-14-4-12-27-28/h3-10,12,14-15H,11,13,16H2,1-2H3,(H,23,29)(H2,24,25,26). The van der Waals surface area contributed by atoms with Gasteiger partial charge in [-0.25, -0.2) is 4.68 Å². The minimum Gasteiger partial charge on any atom is -0.356 e. The van der Waals surface area contributed by atoms with E-state index in [9.17, 15) is 4.79 Å². The second kappa shape index (κ2) is 10.1. The van der Waals surface area contributed by atoms with Gasteiger partial charge in [-0.3, -0.25) is 9.79 Å². The number of aromatic nitrogens is 2. The van der Waals surface area contributed by atoms with Gasteiger partial charge in [0.25, 0.3) is 5.91 Å². The van der Waals surface area contributed by atoms with Crippen LogP contribution in [-0.2, 0) is 13.0 Å². The fraction of sp³-hybridized carbons (Fsp3) is 0.227. The summed E-state index contributed by atoms with van der Waals surface area (Å²) in [6.07, 6.45) is 4.58. The van der Waals surface area contributed by atoms with Gasteiger partial charge in [0.1, 0.15) is 0 Å². The molecule has 3 aromatic rings. The molecule has 0 spiro atoms. The van der Waals surface area contributed by atoms with Gasteiger partial charge >= 0.3 is 0 Å². The van der Waals surface area contributed by atoms with Gasteiger partial charge in [-0.1, -0.05) is 24.3 Å². The van der Waals surface area contributed by atoms with Crippen molar-refractivity contribution in [2.24, 2.45) is 4.99 Å². The second-order valence-electron chi connectivity index (χ2n) is 6.50. The van der Waals surface area contributed by atoms with Crippen LogP contribution >= 0.6 is 0 Å². The molecular formula is C22H26N6O. The number of nitrogens with one attached hydrogen (secondary N) is 3. The Labute approximate surface area is 170 Å². The first-order chi connectivity index (χ1) is 14.2.